The number of aryl methyl sites for hydroxylation is 1. The first-order valence-electron chi connectivity index (χ1n) is 11.7. The van der Waals surface area contributed by atoms with Crippen LogP contribution in [0.3, 0.4) is 0 Å². The van der Waals surface area contributed by atoms with E-state index in [-0.39, 0.29) is 17.8 Å². The molecule has 2 aliphatic rings. The number of hydrogen-bond donors (Lipinski definition) is 0. The molecule has 0 N–H and O–H groups in total. The van der Waals surface area contributed by atoms with Crippen molar-refractivity contribution in [2.75, 3.05) is 11.9 Å². The van der Waals surface area contributed by atoms with Crippen LogP contribution >= 0.6 is 0 Å². The van der Waals surface area contributed by atoms with Crippen LogP contribution in [0.4, 0.5) is 10.1 Å². The van der Waals surface area contributed by atoms with Gasteiger partial charge in [-0.3, -0.25) is 0 Å². The molecule has 2 heterocycles. The van der Waals surface area contributed by atoms with Gasteiger partial charge in [0.25, 0.3) is 0 Å². The van der Waals surface area contributed by atoms with E-state index in [1.807, 2.05) is 52.0 Å². The summed E-state index contributed by atoms with van der Waals surface area (Å²) in [7, 11) is 3.18. The van der Waals surface area contributed by atoms with Crippen molar-refractivity contribution < 1.29 is 28.2 Å². The molecule has 0 unspecified atom stereocenters. The van der Waals surface area contributed by atoms with Crippen LogP contribution in [0.15, 0.2) is 30.1 Å². The lowest BCUT2D eigenvalue weighted by molar-refractivity contribution is -0.149. The van der Waals surface area contributed by atoms with E-state index < -0.39 is 29.9 Å². The number of carbonyl (C=O) groups is 2. The number of fused-ring (bicyclic) bond motifs is 2. The summed E-state index contributed by atoms with van der Waals surface area (Å²) in [4.78, 5) is 25.8. The standard InChI is InChI=1S/C26H34BFNO5/c1-15-12-21(28)17(3)24-22(33-26(5,6)34-24)10-8-9-19-13-20(29(7)27-14-30)11-16(2)23(19)25(31)32-18(15)4/h8-9,11-15,17-18,22,24H,10H2,1-7H3/b9-8+,21-12+/t15-,17-,18+,22+,24-/m1/s1. The molecule has 3 rings (SSSR count). The normalized spacial score (nSPS) is 31.7. The van der Waals surface area contributed by atoms with Gasteiger partial charge >= 0.3 is 13.4 Å². The minimum atomic E-state index is -0.821. The number of hydrogen-bond acceptors (Lipinski definition) is 6. The maximum Gasteiger partial charge on any atom is 0.339 e. The largest absolute Gasteiger partial charge is 0.458 e. The highest BCUT2D eigenvalue weighted by Crippen LogP contribution is 2.37. The van der Waals surface area contributed by atoms with E-state index in [9.17, 15) is 9.59 Å². The quantitative estimate of drug-likeness (QED) is 0.358. The van der Waals surface area contributed by atoms with Crippen molar-refractivity contribution in [3.63, 3.8) is 0 Å². The molecule has 34 heavy (non-hydrogen) atoms. The molecule has 5 atom stereocenters. The Balaban J connectivity index is 2.08. The number of carbonyl (C=O) groups excluding carboxylic acids is 2. The van der Waals surface area contributed by atoms with Crippen LogP contribution in [-0.2, 0) is 19.0 Å². The van der Waals surface area contributed by atoms with Crippen molar-refractivity contribution >= 4 is 31.3 Å². The summed E-state index contributed by atoms with van der Waals surface area (Å²) in [6, 6.07) is 3.68. The van der Waals surface area contributed by atoms with Crippen molar-refractivity contribution in [1.82, 2.24) is 0 Å². The Morgan fingerprint density at radius 2 is 1.91 bits per heavy atom. The van der Waals surface area contributed by atoms with Gasteiger partial charge in [-0.15, -0.1) is 0 Å². The summed E-state index contributed by atoms with van der Waals surface area (Å²) in [5.41, 5.74) is 2.60. The molecule has 0 bridgehead atoms. The fourth-order valence-electron chi connectivity index (χ4n) is 4.41. The Morgan fingerprint density at radius 3 is 2.59 bits per heavy atom. The van der Waals surface area contributed by atoms with E-state index in [2.05, 4.69) is 0 Å². The van der Waals surface area contributed by atoms with Crippen LogP contribution < -0.4 is 4.81 Å². The minimum absolute atomic E-state index is 0.302. The first-order chi connectivity index (χ1) is 15.9. The Labute approximate surface area is 202 Å². The maximum absolute atomic E-state index is 15.2. The van der Waals surface area contributed by atoms with E-state index in [0.29, 0.717) is 23.7 Å². The Morgan fingerprint density at radius 1 is 1.21 bits per heavy atom. The monoisotopic (exact) mass is 470 g/mol. The third-order valence-electron chi connectivity index (χ3n) is 6.52. The molecule has 1 saturated heterocycles. The van der Waals surface area contributed by atoms with E-state index in [1.54, 1.807) is 25.7 Å². The summed E-state index contributed by atoms with van der Waals surface area (Å²) in [6.45, 7) is 10.9. The number of rotatable bonds is 3. The van der Waals surface area contributed by atoms with Crippen molar-refractivity contribution in [2.24, 2.45) is 11.8 Å². The van der Waals surface area contributed by atoms with Crippen molar-refractivity contribution in [2.45, 2.75) is 72.1 Å². The summed E-state index contributed by atoms with van der Waals surface area (Å²) in [5, 5.41) is 0. The lowest BCUT2D eigenvalue weighted by Crippen LogP contribution is -2.30. The molecule has 0 amide bonds. The second-order valence-corrected chi connectivity index (χ2v) is 9.71. The zero-order chi connectivity index (χ0) is 25.2. The van der Waals surface area contributed by atoms with Gasteiger partial charge in [0.05, 0.1) is 17.8 Å². The van der Waals surface area contributed by atoms with Gasteiger partial charge in [0.15, 0.2) is 5.79 Å². The zero-order valence-electron chi connectivity index (χ0n) is 21.0. The van der Waals surface area contributed by atoms with Gasteiger partial charge < -0.3 is 23.8 Å². The molecule has 0 aliphatic carbocycles. The van der Waals surface area contributed by atoms with Crippen molar-refractivity contribution in [1.29, 1.82) is 0 Å². The Bertz CT molecular complexity index is 992. The molecule has 6 nitrogen and oxygen atoms in total. The topological polar surface area (TPSA) is 65.1 Å². The van der Waals surface area contributed by atoms with E-state index in [1.165, 1.54) is 13.5 Å². The number of cyclic esters (lactones) is 1. The molecule has 1 fully saturated rings. The summed E-state index contributed by atoms with van der Waals surface area (Å²) < 4.78 is 33.1. The molecule has 0 saturated carbocycles. The number of halogens is 1. The van der Waals surface area contributed by atoms with Gasteiger partial charge in [-0.2, -0.15) is 0 Å². The molecule has 8 heteroatoms. The third kappa shape index (κ3) is 5.78. The molecule has 1 aromatic carbocycles. The smallest absolute Gasteiger partial charge is 0.339 e. The van der Waals surface area contributed by atoms with E-state index in [4.69, 9.17) is 14.2 Å². The number of esters is 1. The summed E-state index contributed by atoms with van der Waals surface area (Å²) in [6.07, 6.45) is 5.12. The fraction of sp³-hybridized carbons (Fsp3) is 0.538. The van der Waals surface area contributed by atoms with Gasteiger partial charge in [0, 0.05) is 17.5 Å². The zero-order valence-corrected chi connectivity index (χ0v) is 21.0. The molecule has 0 spiro atoms. The van der Waals surface area contributed by atoms with Crippen LogP contribution in [0.2, 0.25) is 0 Å². The molecule has 183 valence electrons. The van der Waals surface area contributed by atoms with Crippen molar-refractivity contribution in [3.05, 3.63) is 46.8 Å². The first-order valence-corrected chi connectivity index (χ1v) is 11.7. The number of anilines is 1. The predicted octanol–water partition coefficient (Wildman–Crippen LogP) is 4.85. The second-order valence-electron chi connectivity index (χ2n) is 9.71. The third-order valence-corrected chi connectivity index (χ3v) is 6.52. The van der Waals surface area contributed by atoms with Crippen molar-refractivity contribution in [3.8, 4) is 0 Å². The van der Waals surface area contributed by atoms with Gasteiger partial charge in [0.2, 0.25) is 0 Å². The van der Waals surface area contributed by atoms with Gasteiger partial charge in [-0.05, 0) is 70.5 Å². The van der Waals surface area contributed by atoms with Crippen LogP contribution in [0.25, 0.3) is 6.08 Å². The second kappa shape index (κ2) is 10.4. The minimum Gasteiger partial charge on any atom is -0.458 e. The number of benzene rings is 1. The highest BCUT2D eigenvalue weighted by molar-refractivity contribution is 6.70. The summed E-state index contributed by atoms with van der Waals surface area (Å²) in [5.74, 6) is -2.44. The fourth-order valence-corrected chi connectivity index (χ4v) is 4.41. The molecular formula is C26H34BFNO5. The molecule has 0 aromatic heterocycles. The predicted molar refractivity (Wildman–Crippen MR) is 132 cm³/mol. The summed E-state index contributed by atoms with van der Waals surface area (Å²) >= 11 is 0. The van der Waals surface area contributed by atoms with E-state index >= 15 is 4.39 Å². The number of nitrogens with zero attached hydrogens (tertiary/aromatic N) is 1. The number of ether oxygens (including phenoxy) is 3. The average molecular weight is 470 g/mol. The Kier molecular flexibility index (Phi) is 8.04. The lowest BCUT2D eigenvalue weighted by atomic mass is 9.91. The van der Waals surface area contributed by atoms with Gasteiger partial charge in [0.1, 0.15) is 18.1 Å². The van der Waals surface area contributed by atoms with Gasteiger partial charge in [-0.1, -0.05) is 26.0 Å². The van der Waals surface area contributed by atoms with E-state index in [0.717, 1.165) is 11.3 Å². The highest BCUT2D eigenvalue weighted by Gasteiger charge is 2.44. The first kappa shape index (κ1) is 26.2. The highest BCUT2D eigenvalue weighted by atomic mass is 19.1. The van der Waals surface area contributed by atoms with Crippen LogP contribution in [0.5, 0.6) is 0 Å². The van der Waals surface area contributed by atoms with Crippen LogP contribution in [0.1, 0.15) is 62.5 Å². The average Bonchev–Trinajstić information content (AvgIpc) is 3.06. The molecular weight excluding hydrogens is 436 g/mol. The van der Waals surface area contributed by atoms with Crippen LogP contribution in [0, 0.1) is 18.8 Å². The van der Waals surface area contributed by atoms with Gasteiger partial charge in [-0.25, -0.2) is 9.18 Å². The SMILES string of the molecule is Cc1cc(N(C)[B]C=O)cc2c1C(=O)O[C@@H](C)[C@H](C)/C=C(/F)[C@@H](C)[C@H]1OC(C)(C)O[C@H]1C/C=C/2. The maximum atomic E-state index is 15.2. The molecule has 1 radical (unpaired) electrons. The Hall–Kier alpha value is -2.45. The lowest BCUT2D eigenvalue weighted by Gasteiger charge is -2.25. The van der Waals surface area contributed by atoms with Crippen LogP contribution in [-0.4, -0.2) is 50.7 Å². The molecule has 2 aliphatic heterocycles. The molecule has 1 aromatic rings.